The highest BCUT2D eigenvalue weighted by Crippen LogP contribution is 2.28. The molecule has 1 heterocycles. The first-order valence-electron chi connectivity index (χ1n) is 4.83. The van der Waals surface area contributed by atoms with Crippen molar-refractivity contribution in [1.82, 2.24) is 9.80 Å². The summed E-state index contributed by atoms with van der Waals surface area (Å²) in [5.41, 5.74) is 0.473. The van der Waals surface area contributed by atoms with Crippen molar-refractivity contribution >= 4 is 5.91 Å². The number of hydrogen-bond acceptors (Lipinski definition) is 2. The van der Waals surface area contributed by atoms with Gasteiger partial charge in [-0.05, 0) is 5.41 Å². The first-order chi connectivity index (χ1) is 5.91. The van der Waals surface area contributed by atoms with Crippen molar-refractivity contribution in [3.05, 3.63) is 0 Å². The van der Waals surface area contributed by atoms with Crippen LogP contribution in [0.25, 0.3) is 0 Å². The van der Waals surface area contributed by atoms with E-state index < -0.39 is 0 Å². The van der Waals surface area contributed by atoms with E-state index in [2.05, 4.69) is 18.7 Å². The van der Waals surface area contributed by atoms with Crippen molar-refractivity contribution in [2.75, 3.05) is 33.7 Å². The molecule has 0 N–H and O–H groups in total. The van der Waals surface area contributed by atoms with Crippen LogP contribution in [-0.2, 0) is 4.79 Å². The molecule has 1 rings (SSSR count). The van der Waals surface area contributed by atoms with Crippen LogP contribution in [0.1, 0.15) is 20.3 Å². The van der Waals surface area contributed by atoms with Crippen molar-refractivity contribution in [1.29, 1.82) is 0 Å². The summed E-state index contributed by atoms with van der Waals surface area (Å²) in [7, 11) is 3.62. The Kier molecular flexibility index (Phi) is 2.96. The Hall–Kier alpha value is -0.570. The van der Waals surface area contributed by atoms with Gasteiger partial charge in [0, 0.05) is 40.2 Å². The second kappa shape index (κ2) is 3.66. The molecule has 0 spiro atoms. The molecule has 0 unspecified atom stereocenters. The lowest BCUT2D eigenvalue weighted by Gasteiger charge is -2.45. The molecule has 1 aliphatic rings. The lowest BCUT2D eigenvalue weighted by molar-refractivity contribution is -0.129. The van der Waals surface area contributed by atoms with Gasteiger partial charge in [0.1, 0.15) is 0 Å². The van der Waals surface area contributed by atoms with Gasteiger partial charge in [0.15, 0.2) is 0 Å². The molecular formula is C10H20N2O. The molecule has 1 fully saturated rings. The van der Waals surface area contributed by atoms with E-state index in [0.29, 0.717) is 11.8 Å². The fraction of sp³-hybridized carbons (Fsp3) is 0.900. The van der Waals surface area contributed by atoms with Crippen LogP contribution in [0.5, 0.6) is 0 Å². The molecule has 0 aromatic carbocycles. The second-order valence-electron chi connectivity index (χ2n) is 4.91. The zero-order chi connectivity index (χ0) is 10.1. The highest BCUT2D eigenvalue weighted by molar-refractivity contribution is 5.75. The molecule has 0 aromatic rings. The summed E-state index contributed by atoms with van der Waals surface area (Å²) in [6, 6.07) is 0. The van der Waals surface area contributed by atoms with Gasteiger partial charge in [-0.1, -0.05) is 13.8 Å². The van der Waals surface area contributed by atoms with Crippen LogP contribution >= 0.6 is 0 Å². The highest BCUT2D eigenvalue weighted by atomic mass is 16.2. The molecule has 76 valence electrons. The minimum Gasteiger partial charge on any atom is -0.349 e. The molecule has 1 aliphatic heterocycles. The monoisotopic (exact) mass is 184 g/mol. The van der Waals surface area contributed by atoms with Gasteiger partial charge in [0.05, 0.1) is 0 Å². The SMILES string of the molecule is CN(C)C(=O)CCN1CC(C)(C)C1. The molecule has 13 heavy (non-hydrogen) atoms. The summed E-state index contributed by atoms with van der Waals surface area (Å²) >= 11 is 0. The molecule has 3 heteroatoms. The van der Waals surface area contributed by atoms with Gasteiger partial charge in [-0.2, -0.15) is 0 Å². The zero-order valence-electron chi connectivity index (χ0n) is 9.13. The van der Waals surface area contributed by atoms with Gasteiger partial charge in [0.25, 0.3) is 0 Å². The second-order valence-corrected chi connectivity index (χ2v) is 4.91. The minimum atomic E-state index is 0.227. The maximum Gasteiger partial charge on any atom is 0.223 e. The van der Waals surface area contributed by atoms with Crippen LogP contribution in [-0.4, -0.2) is 49.4 Å². The predicted octanol–water partition coefficient (Wildman–Crippen LogP) is 0.806. The van der Waals surface area contributed by atoms with E-state index in [-0.39, 0.29) is 5.91 Å². The van der Waals surface area contributed by atoms with Crippen LogP contribution < -0.4 is 0 Å². The number of carbonyl (C=O) groups is 1. The van der Waals surface area contributed by atoms with Gasteiger partial charge in [0.2, 0.25) is 5.91 Å². The average molecular weight is 184 g/mol. The molecule has 0 aromatic heterocycles. The maximum absolute atomic E-state index is 11.2. The topological polar surface area (TPSA) is 23.6 Å². The van der Waals surface area contributed by atoms with E-state index in [1.54, 1.807) is 4.90 Å². The van der Waals surface area contributed by atoms with Crippen molar-refractivity contribution < 1.29 is 4.79 Å². The fourth-order valence-electron chi connectivity index (χ4n) is 1.80. The molecule has 1 saturated heterocycles. The summed E-state index contributed by atoms with van der Waals surface area (Å²) in [5, 5.41) is 0. The van der Waals surface area contributed by atoms with E-state index in [1.807, 2.05) is 14.1 Å². The van der Waals surface area contributed by atoms with Crippen LogP contribution in [0.3, 0.4) is 0 Å². The quantitative estimate of drug-likeness (QED) is 0.648. The first-order valence-corrected chi connectivity index (χ1v) is 4.83. The summed E-state index contributed by atoms with van der Waals surface area (Å²) in [5.74, 6) is 0.227. The zero-order valence-corrected chi connectivity index (χ0v) is 9.13. The van der Waals surface area contributed by atoms with Crippen LogP contribution in [0.15, 0.2) is 0 Å². The highest BCUT2D eigenvalue weighted by Gasteiger charge is 2.33. The van der Waals surface area contributed by atoms with E-state index in [0.717, 1.165) is 19.6 Å². The summed E-state index contributed by atoms with van der Waals surface area (Å²) in [6.07, 6.45) is 0.656. The number of hydrogen-bond donors (Lipinski definition) is 0. The molecule has 1 amide bonds. The molecule has 0 radical (unpaired) electrons. The van der Waals surface area contributed by atoms with Gasteiger partial charge in [-0.25, -0.2) is 0 Å². The van der Waals surface area contributed by atoms with E-state index >= 15 is 0 Å². The lowest BCUT2D eigenvalue weighted by atomic mass is 9.84. The van der Waals surface area contributed by atoms with Crippen molar-refractivity contribution in [3.8, 4) is 0 Å². The normalized spacial score (nSPS) is 20.9. The Bertz CT molecular complexity index is 191. The Morgan fingerprint density at radius 1 is 1.38 bits per heavy atom. The Balaban J connectivity index is 2.12. The number of amides is 1. The van der Waals surface area contributed by atoms with E-state index in [9.17, 15) is 4.79 Å². The number of rotatable bonds is 3. The van der Waals surface area contributed by atoms with Gasteiger partial charge < -0.3 is 9.80 Å². The minimum absolute atomic E-state index is 0.227. The van der Waals surface area contributed by atoms with Crippen LogP contribution in [0, 0.1) is 5.41 Å². The molecule has 0 atom stereocenters. The Morgan fingerprint density at radius 3 is 2.31 bits per heavy atom. The Morgan fingerprint density at radius 2 is 1.92 bits per heavy atom. The largest absolute Gasteiger partial charge is 0.349 e. The smallest absolute Gasteiger partial charge is 0.223 e. The standard InChI is InChI=1S/C10H20N2O/c1-10(2)7-12(8-10)6-5-9(13)11(3)4/h5-8H2,1-4H3. The van der Waals surface area contributed by atoms with Crippen molar-refractivity contribution in [3.63, 3.8) is 0 Å². The molecule has 3 nitrogen and oxygen atoms in total. The third-order valence-corrected chi connectivity index (χ3v) is 2.44. The first kappa shape index (κ1) is 10.5. The number of nitrogens with zero attached hydrogens (tertiary/aromatic N) is 2. The fourth-order valence-corrected chi connectivity index (χ4v) is 1.80. The molecular weight excluding hydrogens is 164 g/mol. The lowest BCUT2D eigenvalue weighted by Crippen LogP contribution is -2.53. The predicted molar refractivity (Wildman–Crippen MR) is 53.5 cm³/mol. The van der Waals surface area contributed by atoms with Gasteiger partial charge >= 0.3 is 0 Å². The third kappa shape index (κ3) is 2.99. The van der Waals surface area contributed by atoms with Gasteiger partial charge in [-0.3, -0.25) is 4.79 Å². The van der Waals surface area contributed by atoms with E-state index in [1.165, 1.54) is 0 Å². The van der Waals surface area contributed by atoms with E-state index in [4.69, 9.17) is 0 Å². The Labute approximate surface area is 80.7 Å². The summed E-state index contributed by atoms with van der Waals surface area (Å²) in [4.78, 5) is 15.2. The molecule has 0 aliphatic carbocycles. The molecule has 0 bridgehead atoms. The number of likely N-dealkylation sites (tertiary alicyclic amines) is 1. The van der Waals surface area contributed by atoms with Gasteiger partial charge in [-0.15, -0.1) is 0 Å². The number of carbonyl (C=O) groups excluding carboxylic acids is 1. The molecule has 0 saturated carbocycles. The third-order valence-electron chi connectivity index (χ3n) is 2.44. The maximum atomic E-state index is 11.2. The van der Waals surface area contributed by atoms with Crippen molar-refractivity contribution in [2.24, 2.45) is 5.41 Å². The summed E-state index contributed by atoms with van der Waals surface area (Å²) in [6.45, 7) is 7.70. The average Bonchev–Trinajstić information content (AvgIpc) is 1.95. The van der Waals surface area contributed by atoms with Crippen molar-refractivity contribution in [2.45, 2.75) is 20.3 Å². The van der Waals surface area contributed by atoms with Crippen LogP contribution in [0.4, 0.5) is 0 Å². The van der Waals surface area contributed by atoms with Crippen LogP contribution in [0.2, 0.25) is 0 Å². The summed E-state index contributed by atoms with van der Waals surface area (Å²) < 4.78 is 0.